The van der Waals surface area contributed by atoms with Gasteiger partial charge in [0.05, 0.1) is 28.7 Å². The van der Waals surface area contributed by atoms with Crippen LogP contribution in [0.2, 0.25) is 5.02 Å². The second-order valence-corrected chi connectivity index (χ2v) is 5.95. The summed E-state index contributed by atoms with van der Waals surface area (Å²) >= 11 is 5.90. The summed E-state index contributed by atoms with van der Waals surface area (Å²) in [5.74, 6) is 0.367. The van der Waals surface area contributed by atoms with Crippen LogP contribution in [0.15, 0.2) is 36.4 Å². The molecule has 5 nitrogen and oxygen atoms in total. The topological polar surface area (TPSA) is 56.1 Å². The van der Waals surface area contributed by atoms with E-state index in [1.54, 1.807) is 7.11 Å². The summed E-state index contributed by atoms with van der Waals surface area (Å²) in [6.07, 6.45) is 0.505. The highest BCUT2D eigenvalue weighted by atomic mass is 35.5. The molecule has 130 valence electrons. The molecular weight excluding hydrogens is 345 g/mol. The van der Waals surface area contributed by atoms with Gasteiger partial charge in [-0.2, -0.15) is 0 Å². The largest absolute Gasteiger partial charge is 0.497 e. The lowest BCUT2D eigenvalue weighted by Crippen LogP contribution is -2.27. The van der Waals surface area contributed by atoms with Gasteiger partial charge in [-0.25, -0.2) is 9.37 Å². The van der Waals surface area contributed by atoms with E-state index in [1.807, 2.05) is 29.8 Å². The van der Waals surface area contributed by atoms with Crippen LogP contribution in [-0.4, -0.2) is 29.1 Å². The van der Waals surface area contributed by atoms with E-state index in [0.29, 0.717) is 13.0 Å². The van der Waals surface area contributed by atoms with Gasteiger partial charge < -0.3 is 14.6 Å². The van der Waals surface area contributed by atoms with Crippen molar-refractivity contribution in [3.8, 4) is 5.75 Å². The average Bonchev–Trinajstić information content (AvgIpc) is 2.90. The summed E-state index contributed by atoms with van der Waals surface area (Å²) in [5, 5.41) is 2.77. The number of nitrogens with one attached hydrogen (secondary N) is 1. The van der Waals surface area contributed by atoms with Crippen molar-refractivity contribution in [2.45, 2.75) is 6.42 Å². The third kappa shape index (κ3) is 3.44. The zero-order valence-electron chi connectivity index (χ0n) is 13.8. The molecule has 0 fully saturated rings. The van der Waals surface area contributed by atoms with Crippen molar-refractivity contribution < 1.29 is 13.9 Å². The van der Waals surface area contributed by atoms with E-state index in [9.17, 15) is 9.18 Å². The van der Waals surface area contributed by atoms with Gasteiger partial charge in [-0.1, -0.05) is 17.7 Å². The lowest BCUT2D eigenvalue weighted by Gasteiger charge is -2.08. The maximum absolute atomic E-state index is 13.8. The molecule has 0 aliphatic rings. The summed E-state index contributed by atoms with van der Waals surface area (Å²) in [4.78, 5) is 16.7. The highest BCUT2D eigenvalue weighted by Crippen LogP contribution is 2.21. The number of nitrogens with zero attached hydrogens (tertiary/aromatic N) is 2. The minimum Gasteiger partial charge on any atom is -0.497 e. The molecule has 7 heteroatoms. The monoisotopic (exact) mass is 361 g/mol. The first kappa shape index (κ1) is 17.2. The molecule has 3 rings (SSSR count). The number of fused-ring (bicyclic) bond motifs is 1. The molecule has 25 heavy (non-hydrogen) atoms. The molecule has 1 aromatic heterocycles. The molecule has 0 bridgehead atoms. The number of imidazole rings is 1. The zero-order chi connectivity index (χ0) is 18.0. The van der Waals surface area contributed by atoms with Gasteiger partial charge in [0.25, 0.3) is 5.91 Å². The Morgan fingerprint density at radius 1 is 1.36 bits per heavy atom. The van der Waals surface area contributed by atoms with Crippen LogP contribution in [0, 0.1) is 5.82 Å². The number of carbonyl (C=O) groups is 1. The van der Waals surface area contributed by atoms with Crippen LogP contribution in [0.25, 0.3) is 11.0 Å². The normalized spacial score (nSPS) is 10.9. The van der Waals surface area contributed by atoms with E-state index < -0.39 is 11.7 Å². The van der Waals surface area contributed by atoms with E-state index >= 15 is 0 Å². The lowest BCUT2D eigenvalue weighted by molar-refractivity contribution is 0.0950. The van der Waals surface area contributed by atoms with Crippen LogP contribution in [0.4, 0.5) is 4.39 Å². The SMILES string of the molecule is COc1ccc2c(c1)nc(CCNC(=O)c1c(F)cccc1Cl)n2C. The highest BCUT2D eigenvalue weighted by molar-refractivity contribution is 6.33. The van der Waals surface area contributed by atoms with Crippen LogP contribution in [0.5, 0.6) is 5.75 Å². The van der Waals surface area contributed by atoms with Gasteiger partial charge in [-0.3, -0.25) is 4.79 Å². The van der Waals surface area contributed by atoms with Gasteiger partial charge in [0.15, 0.2) is 0 Å². The van der Waals surface area contributed by atoms with E-state index in [2.05, 4.69) is 10.3 Å². The summed E-state index contributed by atoms with van der Waals surface area (Å²) in [7, 11) is 3.51. The van der Waals surface area contributed by atoms with Crippen LogP contribution in [-0.2, 0) is 13.5 Å². The number of aromatic nitrogens is 2. The van der Waals surface area contributed by atoms with E-state index in [1.165, 1.54) is 18.2 Å². The second-order valence-electron chi connectivity index (χ2n) is 5.54. The molecule has 1 amide bonds. The van der Waals surface area contributed by atoms with Gasteiger partial charge in [-0.15, -0.1) is 0 Å². The second kappa shape index (κ2) is 7.11. The number of hydrogen-bond acceptors (Lipinski definition) is 3. The maximum atomic E-state index is 13.8. The van der Waals surface area contributed by atoms with E-state index in [0.717, 1.165) is 22.6 Å². The zero-order valence-corrected chi connectivity index (χ0v) is 14.6. The molecule has 0 spiro atoms. The Bertz CT molecular complexity index is 919. The first-order valence-corrected chi connectivity index (χ1v) is 8.10. The van der Waals surface area contributed by atoms with Crippen molar-refractivity contribution in [2.75, 3.05) is 13.7 Å². The summed E-state index contributed by atoms with van der Waals surface area (Å²) in [5.41, 5.74) is 1.65. The minimum absolute atomic E-state index is 0.0901. The molecule has 2 aromatic carbocycles. The molecule has 3 aromatic rings. The third-order valence-corrected chi connectivity index (χ3v) is 4.32. The molecule has 0 atom stereocenters. The number of benzene rings is 2. The predicted octanol–water partition coefficient (Wildman–Crippen LogP) is 3.35. The number of amides is 1. The first-order valence-electron chi connectivity index (χ1n) is 7.73. The van der Waals surface area contributed by atoms with Gasteiger partial charge >= 0.3 is 0 Å². The van der Waals surface area contributed by atoms with Gasteiger partial charge in [0.2, 0.25) is 0 Å². The van der Waals surface area contributed by atoms with Crippen molar-refractivity contribution in [2.24, 2.45) is 7.05 Å². The fourth-order valence-electron chi connectivity index (χ4n) is 2.67. The lowest BCUT2D eigenvalue weighted by atomic mass is 10.2. The fraction of sp³-hybridized carbons (Fsp3) is 0.222. The number of rotatable bonds is 5. The van der Waals surface area contributed by atoms with Crippen LogP contribution in [0.1, 0.15) is 16.2 Å². The molecular formula is C18H17ClFN3O2. The molecule has 0 saturated carbocycles. The van der Waals surface area contributed by atoms with E-state index in [4.69, 9.17) is 16.3 Å². The molecule has 0 aliphatic carbocycles. The predicted molar refractivity (Wildman–Crippen MR) is 94.7 cm³/mol. The van der Waals surface area contributed by atoms with E-state index in [-0.39, 0.29) is 10.6 Å². The standard InChI is InChI=1S/C18H17ClFN3O2/c1-23-15-7-6-11(25-2)10-14(15)22-16(23)8-9-21-18(24)17-12(19)4-3-5-13(17)20/h3-7,10H,8-9H2,1-2H3,(H,21,24). The van der Waals surface area contributed by atoms with Crippen molar-refractivity contribution >= 4 is 28.5 Å². The number of hydrogen-bond donors (Lipinski definition) is 1. The van der Waals surface area contributed by atoms with Crippen molar-refractivity contribution in [1.29, 1.82) is 0 Å². The summed E-state index contributed by atoms with van der Waals surface area (Å²) in [6.45, 7) is 0.317. The number of methoxy groups -OCH3 is 1. The Morgan fingerprint density at radius 3 is 2.88 bits per heavy atom. The van der Waals surface area contributed by atoms with Crippen LogP contribution < -0.4 is 10.1 Å². The summed E-state index contributed by atoms with van der Waals surface area (Å²) in [6, 6.07) is 9.81. The Labute approximate surface area is 149 Å². The maximum Gasteiger partial charge on any atom is 0.255 e. The number of halogens is 2. The Kier molecular flexibility index (Phi) is 4.90. The van der Waals surface area contributed by atoms with Crippen LogP contribution in [0.3, 0.4) is 0 Å². The Morgan fingerprint density at radius 2 is 2.16 bits per heavy atom. The average molecular weight is 362 g/mol. The van der Waals surface area contributed by atoms with Gasteiger partial charge in [0, 0.05) is 26.1 Å². The van der Waals surface area contributed by atoms with Crippen molar-refractivity contribution in [3.05, 3.63) is 58.6 Å². The molecule has 0 radical (unpaired) electrons. The van der Waals surface area contributed by atoms with Gasteiger partial charge in [-0.05, 0) is 24.3 Å². The Hall–Kier alpha value is -2.60. The number of aryl methyl sites for hydroxylation is 1. The van der Waals surface area contributed by atoms with Crippen molar-refractivity contribution in [3.63, 3.8) is 0 Å². The smallest absolute Gasteiger partial charge is 0.255 e. The third-order valence-electron chi connectivity index (χ3n) is 4.00. The molecule has 0 saturated heterocycles. The van der Waals surface area contributed by atoms with Gasteiger partial charge in [0.1, 0.15) is 17.4 Å². The summed E-state index contributed by atoms with van der Waals surface area (Å²) < 4.78 is 20.9. The molecule has 1 N–H and O–H groups in total. The quantitative estimate of drug-likeness (QED) is 0.758. The highest BCUT2D eigenvalue weighted by Gasteiger charge is 2.16. The minimum atomic E-state index is -0.639. The fourth-order valence-corrected chi connectivity index (χ4v) is 2.92. The number of carbonyl (C=O) groups excluding carboxylic acids is 1. The molecule has 1 heterocycles. The van der Waals surface area contributed by atoms with Crippen LogP contribution >= 0.6 is 11.6 Å². The van der Waals surface area contributed by atoms with Crippen molar-refractivity contribution in [1.82, 2.24) is 14.9 Å². The molecule has 0 unspecified atom stereocenters. The molecule has 0 aliphatic heterocycles. The first-order chi connectivity index (χ1) is 12.0. The Balaban J connectivity index is 1.71. The number of ether oxygens (including phenoxy) is 1.